The SMILES string of the molecule is CC(C)Cc1ccc(C2(C)CC2CCl)cc1. The third-order valence-electron chi connectivity index (χ3n) is 3.85. The first-order valence-corrected chi connectivity index (χ1v) is 6.75. The van der Waals surface area contributed by atoms with Crippen LogP contribution < -0.4 is 0 Å². The molecule has 2 unspecified atom stereocenters. The Labute approximate surface area is 104 Å². The molecule has 0 radical (unpaired) electrons. The summed E-state index contributed by atoms with van der Waals surface area (Å²) < 4.78 is 0. The molecule has 1 aromatic carbocycles. The second-order valence-corrected chi connectivity index (χ2v) is 6.08. The van der Waals surface area contributed by atoms with Gasteiger partial charge in [0.2, 0.25) is 0 Å². The number of benzene rings is 1. The fraction of sp³-hybridized carbons (Fsp3) is 0.600. The molecule has 88 valence electrons. The van der Waals surface area contributed by atoms with Crippen molar-refractivity contribution in [2.75, 3.05) is 5.88 Å². The molecule has 2 rings (SSSR count). The quantitative estimate of drug-likeness (QED) is 0.680. The maximum atomic E-state index is 5.93. The molecule has 1 saturated carbocycles. The average Bonchev–Trinajstić information content (AvgIpc) is 2.91. The summed E-state index contributed by atoms with van der Waals surface area (Å²) in [6.45, 7) is 6.86. The Hall–Kier alpha value is -0.490. The van der Waals surface area contributed by atoms with Gasteiger partial charge in [-0.2, -0.15) is 0 Å². The van der Waals surface area contributed by atoms with E-state index in [1.54, 1.807) is 0 Å². The predicted octanol–water partition coefficient (Wildman–Crippen LogP) is 4.40. The van der Waals surface area contributed by atoms with E-state index < -0.39 is 0 Å². The van der Waals surface area contributed by atoms with Gasteiger partial charge in [-0.25, -0.2) is 0 Å². The minimum Gasteiger partial charge on any atom is -0.126 e. The minimum atomic E-state index is 0.359. The van der Waals surface area contributed by atoms with Gasteiger partial charge in [0.1, 0.15) is 0 Å². The van der Waals surface area contributed by atoms with Crippen LogP contribution in [-0.4, -0.2) is 5.88 Å². The fourth-order valence-corrected chi connectivity index (χ4v) is 2.97. The van der Waals surface area contributed by atoms with Gasteiger partial charge in [-0.05, 0) is 41.2 Å². The highest BCUT2D eigenvalue weighted by atomic mass is 35.5. The molecule has 0 heterocycles. The fourth-order valence-electron chi connectivity index (χ4n) is 2.52. The third kappa shape index (κ3) is 2.27. The molecule has 0 bridgehead atoms. The number of rotatable bonds is 4. The van der Waals surface area contributed by atoms with Gasteiger partial charge in [-0.15, -0.1) is 11.6 Å². The van der Waals surface area contributed by atoms with Gasteiger partial charge in [0.25, 0.3) is 0 Å². The van der Waals surface area contributed by atoms with Gasteiger partial charge in [-0.3, -0.25) is 0 Å². The molecule has 0 saturated heterocycles. The molecular weight excluding hydrogens is 216 g/mol. The van der Waals surface area contributed by atoms with Crippen LogP contribution in [0.25, 0.3) is 0 Å². The van der Waals surface area contributed by atoms with E-state index in [0.29, 0.717) is 11.3 Å². The lowest BCUT2D eigenvalue weighted by molar-refractivity contribution is 0.646. The van der Waals surface area contributed by atoms with E-state index >= 15 is 0 Å². The molecule has 1 fully saturated rings. The van der Waals surface area contributed by atoms with Crippen molar-refractivity contribution in [2.24, 2.45) is 11.8 Å². The van der Waals surface area contributed by atoms with Crippen molar-refractivity contribution in [2.45, 2.75) is 39.0 Å². The van der Waals surface area contributed by atoms with Crippen molar-refractivity contribution in [3.63, 3.8) is 0 Å². The first kappa shape index (κ1) is 12.0. The number of hydrogen-bond acceptors (Lipinski definition) is 0. The van der Waals surface area contributed by atoms with E-state index in [-0.39, 0.29) is 0 Å². The summed E-state index contributed by atoms with van der Waals surface area (Å²) in [5, 5.41) is 0. The highest BCUT2D eigenvalue weighted by Crippen LogP contribution is 2.54. The topological polar surface area (TPSA) is 0 Å². The van der Waals surface area contributed by atoms with Gasteiger partial charge in [0.15, 0.2) is 0 Å². The number of halogens is 1. The average molecular weight is 237 g/mol. The Morgan fingerprint density at radius 2 is 1.94 bits per heavy atom. The molecular formula is C15H21Cl. The Morgan fingerprint density at radius 3 is 2.38 bits per heavy atom. The van der Waals surface area contributed by atoms with Crippen LogP contribution in [0.15, 0.2) is 24.3 Å². The largest absolute Gasteiger partial charge is 0.126 e. The Morgan fingerprint density at radius 1 is 1.31 bits per heavy atom. The van der Waals surface area contributed by atoms with E-state index in [1.165, 1.54) is 24.0 Å². The Balaban J connectivity index is 2.09. The summed E-state index contributed by atoms with van der Waals surface area (Å²) in [6.07, 6.45) is 2.43. The Bertz CT molecular complexity index is 352. The molecule has 16 heavy (non-hydrogen) atoms. The molecule has 0 spiro atoms. The summed E-state index contributed by atoms with van der Waals surface area (Å²) in [5.41, 5.74) is 3.27. The second-order valence-electron chi connectivity index (χ2n) is 5.77. The Kier molecular flexibility index (Phi) is 3.30. The minimum absolute atomic E-state index is 0.359. The number of hydrogen-bond donors (Lipinski definition) is 0. The summed E-state index contributed by atoms with van der Waals surface area (Å²) in [5.74, 6) is 2.22. The molecule has 0 aliphatic heterocycles. The van der Waals surface area contributed by atoms with Gasteiger partial charge < -0.3 is 0 Å². The molecule has 1 aliphatic carbocycles. The van der Waals surface area contributed by atoms with E-state index in [1.807, 2.05) is 0 Å². The molecule has 2 atom stereocenters. The lowest BCUT2D eigenvalue weighted by Gasteiger charge is -2.12. The predicted molar refractivity (Wildman–Crippen MR) is 71.2 cm³/mol. The molecule has 0 N–H and O–H groups in total. The highest BCUT2D eigenvalue weighted by molar-refractivity contribution is 6.18. The highest BCUT2D eigenvalue weighted by Gasteiger charge is 2.50. The zero-order valence-corrected chi connectivity index (χ0v) is 11.2. The van der Waals surface area contributed by atoms with E-state index in [9.17, 15) is 0 Å². The van der Waals surface area contributed by atoms with Crippen molar-refractivity contribution in [1.82, 2.24) is 0 Å². The summed E-state index contributed by atoms with van der Waals surface area (Å²) in [7, 11) is 0. The number of alkyl halides is 1. The lowest BCUT2D eigenvalue weighted by atomic mass is 9.93. The van der Waals surface area contributed by atoms with Crippen molar-refractivity contribution in [1.29, 1.82) is 0 Å². The zero-order chi connectivity index (χ0) is 11.8. The summed E-state index contributed by atoms with van der Waals surface area (Å²) >= 11 is 5.93. The van der Waals surface area contributed by atoms with Crippen LogP contribution in [0.3, 0.4) is 0 Å². The molecule has 0 amide bonds. The normalized spacial score (nSPS) is 28.4. The third-order valence-corrected chi connectivity index (χ3v) is 4.23. The van der Waals surface area contributed by atoms with Crippen LogP contribution in [0, 0.1) is 11.8 Å². The lowest BCUT2D eigenvalue weighted by Crippen LogP contribution is -2.05. The first-order chi connectivity index (χ1) is 7.56. The van der Waals surface area contributed by atoms with Crippen LogP contribution in [0.1, 0.15) is 38.3 Å². The summed E-state index contributed by atoms with van der Waals surface area (Å²) in [6, 6.07) is 9.16. The van der Waals surface area contributed by atoms with Crippen molar-refractivity contribution >= 4 is 11.6 Å². The first-order valence-electron chi connectivity index (χ1n) is 6.21. The van der Waals surface area contributed by atoms with E-state index in [0.717, 1.165) is 11.8 Å². The standard InChI is InChI=1S/C15H21Cl/c1-11(2)8-12-4-6-13(7-5-12)15(3)9-14(15)10-16/h4-7,11,14H,8-10H2,1-3H3. The zero-order valence-electron chi connectivity index (χ0n) is 10.5. The molecule has 1 aliphatic rings. The van der Waals surface area contributed by atoms with Crippen molar-refractivity contribution in [3.05, 3.63) is 35.4 Å². The van der Waals surface area contributed by atoms with Gasteiger partial charge >= 0.3 is 0 Å². The van der Waals surface area contributed by atoms with Gasteiger partial charge in [0, 0.05) is 5.88 Å². The molecule has 1 heteroatoms. The second kappa shape index (κ2) is 4.41. The maximum absolute atomic E-state index is 5.93. The molecule has 0 aromatic heterocycles. The van der Waals surface area contributed by atoms with Crippen LogP contribution in [0.4, 0.5) is 0 Å². The van der Waals surface area contributed by atoms with E-state index in [4.69, 9.17) is 11.6 Å². The van der Waals surface area contributed by atoms with Crippen LogP contribution in [-0.2, 0) is 11.8 Å². The molecule has 1 aromatic rings. The molecule has 0 nitrogen and oxygen atoms in total. The van der Waals surface area contributed by atoms with Crippen LogP contribution in [0.2, 0.25) is 0 Å². The van der Waals surface area contributed by atoms with Gasteiger partial charge in [0.05, 0.1) is 0 Å². The van der Waals surface area contributed by atoms with Crippen LogP contribution >= 0.6 is 11.6 Å². The monoisotopic (exact) mass is 236 g/mol. The van der Waals surface area contributed by atoms with Gasteiger partial charge in [-0.1, -0.05) is 45.0 Å². The van der Waals surface area contributed by atoms with Crippen LogP contribution in [0.5, 0.6) is 0 Å². The van der Waals surface area contributed by atoms with E-state index in [2.05, 4.69) is 45.0 Å². The summed E-state index contributed by atoms with van der Waals surface area (Å²) in [4.78, 5) is 0. The van der Waals surface area contributed by atoms with Crippen molar-refractivity contribution < 1.29 is 0 Å². The smallest absolute Gasteiger partial charge is 0.0260 e. The van der Waals surface area contributed by atoms with Crippen molar-refractivity contribution in [3.8, 4) is 0 Å². The maximum Gasteiger partial charge on any atom is 0.0260 e.